The van der Waals surface area contributed by atoms with Crippen molar-refractivity contribution in [3.8, 4) is 0 Å². The Balaban J connectivity index is 1.32. The fourth-order valence-corrected chi connectivity index (χ4v) is 6.27. The largest absolute Gasteiger partial charge is 0.469 e. The van der Waals surface area contributed by atoms with Gasteiger partial charge in [0.1, 0.15) is 0 Å². The fraction of sp³-hybridized carbons (Fsp3) is 0.528. The first-order chi connectivity index (χ1) is 21.7. The zero-order valence-electron chi connectivity index (χ0n) is 27.3. The Morgan fingerprint density at radius 1 is 1.09 bits per heavy atom. The lowest BCUT2D eigenvalue weighted by molar-refractivity contribution is -0.127. The number of aryl methyl sites for hydroxylation is 1. The summed E-state index contributed by atoms with van der Waals surface area (Å²) >= 11 is 0. The smallest absolute Gasteiger partial charge is 0.254 e. The molecule has 1 aromatic rings. The van der Waals surface area contributed by atoms with E-state index in [-0.39, 0.29) is 17.7 Å². The first-order valence-corrected chi connectivity index (χ1v) is 16.7. The molecule has 5 rings (SSSR count). The van der Waals surface area contributed by atoms with Crippen molar-refractivity contribution < 1.29 is 19.1 Å². The van der Waals surface area contributed by atoms with Crippen LogP contribution in [0.15, 0.2) is 59.7 Å². The summed E-state index contributed by atoms with van der Waals surface area (Å²) in [5.74, 6) is 0.815. The molecule has 4 aliphatic rings. The van der Waals surface area contributed by atoms with Gasteiger partial charge in [0.05, 0.1) is 23.4 Å². The van der Waals surface area contributed by atoms with Crippen LogP contribution in [-0.4, -0.2) is 73.3 Å². The minimum absolute atomic E-state index is 0.172. The number of rotatable bonds is 13. The SMILES string of the molecule is C=C(O/C=C(\C)C(=O)Nc1cc(C(=O)NCCCN2CCCC2=O)c(CC)cc1N1CCN(C2=C(C)CCC=C2)CC1)C1CC1. The van der Waals surface area contributed by atoms with Gasteiger partial charge in [-0.05, 0) is 88.1 Å². The number of amides is 3. The molecular formula is C36H49N5O4. The number of hydrogen-bond donors (Lipinski definition) is 2. The van der Waals surface area contributed by atoms with Gasteiger partial charge in [-0.25, -0.2) is 0 Å². The molecule has 9 heteroatoms. The molecule has 0 unspecified atom stereocenters. The van der Waals surface area contributed by atoms with Crippen LogP contribution in [0.4, 0.5) is 11.4 Å². The van der Waals surface area contributed by atoms with E-state index in [9.17, 15) is 14.4 Å². The van der Waals surface area contributed by atoms with Crippen molar-refractivity contribution in [2.45, 2.75) is 72.1 Å². The van der Waals surface area contributed by atoms with E-state index in [1.54, 1.807) is 6.92 Å². The third-order valence-electron chi connectivity index (χ3n) is 9.29. The molecule has 2 N–H and O–H groups in total. The maximum absolute atomic E-state index is 13.5. The van der Waals surface area contributed by atoms with Gasteiger partial charge in [0.15, 0.2) is 0 Å². The monoisotopic (exact) mass is 615 g/mol. The number of nitrogens with zero attached hydrogens (tertiary/aromatic N) is 3. The van der Waals surface area contributed by atoms with E-state index >= 15 is 0 Å². The van der Waals surface area contributed by atoms with Crippen LogP contribution in [0.3, 0.4) is 0 Å². The summed E-state index contributed by atoms with van der Waals surface area (Å²) < 4.78 is 5.68. The van der Waals surface area contributed by atoms with Gasteiger partial charge in [0.25, 0.3) is 11.8 Å². The molecule has 3 fully saturated rings. The van der Waals surface area contributed by atoms with Crippen LogP contribution in [0.25, 0.3) is 0 Å². The molecule has 2 saturated heterocycles. The van der Waals surface area contributed by atoms with Crippen molar-refractivity contribution in [3.05, 3.63) is 70.9 Å². The summed E-state index contributed by atoms with van der Waals surface area (Å²) in [6, 6.07) is 3.89. The Morgan fingerprint density at radius 2 is 1.84 bits per heavy atom. The minimum Gasteiger partial charge on any atom is -0.469 e. The Morgan fingerprint density at radius 3 is 2.51 bits per heavy atom. The van der Waals surface area contributed by atoms with E-state index in [0.717, 1.165) is 76.1 Å². The summed E-state index contributed by atoms with van der Waals surface area (Å²) in [7, 11) is 0. The van der Waals surface area contributed by atoms with Crippen LogP contribution in [0.1, 0.15) is 81.6 Å². The van der Waals surface area contributed by atoms with E-state index < -0.39 is 0 Å². The number of likely N-dealkylation sites (tertiary alicyclic amines) is 1. The lowest BCUT2D eigenvalue weighted by atomic mass is 10.00. The third kappa shape index (κ3) is 8.18. The molecule has 242 valence electrons. The van der Waals surface area contributed by atoms with Crippen LogP contribution in [0, 0.1) is 5.92 Å². The second-order valence-corrected chi connectivity index (χ2v) is 12.7. The van der Waals surface area contributed by atoms with Gasteiger partial charge in [-0.2, -0.15) is 0 Å². The number of carbonyl (C=O) groups is 3. The summed E-state index contributed by atoms with van der Waals surface area (Å²) in [4.78, 5) is 45.4. The summed E-state index contributed by atoms with van der Waals surface area (Å²) in [6.45, 7) is 15.3. The maximum atomic E-state index is 13.5. The van der Waals surface area contributed by atoms with Crippen molar-refractivity contribution >= 4 is 29.1 Å². The highest BCUT2D eigenvalue weighted by atomic mass is 16.5. The van der Waals surface area contributed by atoms with E-state index in [4.69, 9.17) is 4.74 Å². The molecule has 2 heterocycles. The molecule has 0 spiro atoms. The number of allylic oxidation sites excluding steroid dienone is 4. The molecule has 0 atom stereocenters. The molecule has 0 radical (unpaired) electrons. The molecule has 3 amide bonds. The standard InChI is InChI=1S/C36H49N5O4/c1-5-28-22-33(40-20-18-39(19-21-40)32-11-7-6-10-25(32)2)31(38-35(43)26(3)24-45-27(4)29-13-14-29)23-30(28)36(44)37-15-9-17-41-16-8-12-34(41)42/h7,11,22-24,29H,4-6,8-10,12-21H2,1-3H3,(H,37,44)(H,38,43)/b26-24+. The van der Waals surface area contributed by atoms with Gasteiger partial charge in [-0.1, -0.05) is 19.6 Å². The average Bonchev–Trinajstić information content (AvgIpc) is 3.83. The molecule has 1 aromatic carbocycles. The maximum Gasteiger partial charge on any atom is 0.254 e. The van der Waals surface area contributed by atoms with Crippen LogP contribution in [-0.2, 0) is 20.7 Å². The second kappa shape index (κ2) is 14.8. The highest BCUT2D eigenvalue weighted by Gasteiger charge is 2.27. The van der Waals surface area contributed by atoms with Gasteiger partial charge < -0.3 is 30.1 Å². The summed E-state index contributed by atoms with van der Waals surface area (Å²) in [5.41, 5.74) is 6.22. The predicted molar refractivity (Wildman–Crippen MR) is 179 cm³/mol. The average molecular weight is 616 g/mol. The molecule has 9 nitrogen and oxygen atoms in total. The Labute approximate surface area is 268 Å². The Kier molecular flexibility index (Phi) is 10.7. The van der Waals surface area contributed by atoms with Crippen LogP contribution >= 0.6 is 0 Å². The first-order valence-electron chi connectivity index (χ1n) is 16.7. The van der Waals surface area contributed by atoms with Crippen molar-refractivity contribution in [3.63, 3.8) is 0 Å². The highest BCUT2D eigenvalue weighted by Crippen LogP contribution is 2.36. The summed E-state index contributed by atoms with van der Waals surface area (Å²) in [6.07, 6.45) is 13.2. The van der Waals surface area contributed by atoms with Gasteiger partial charge in [0, 0.05) is 75.0 Å². The number of anilines is 2. The Bertz CT molecular complexity index is 1400. The molecule has 0 aromatic heterocycles. The number of piperazine rings is 1. The minimum atomic E-state index is -0.280. The van der Waals surface area contributed by atoms with E-state index in [1.807, 2.05) is 17.9 Å². The lowest BCUT2D eigenvalue weighted by Gasteiger charge is -2.40. The normalized spacial score (nSPS) is 18.9. The molecule has 45 heavy (non-hydrogen) atoms. The van der Waals surface area contributed by atoms with E-state index in [1.165, 1.54) is 17.5 Å². The van der Waals surface area contributed by atoms with Crippen LogP contribution < -0.4 is 15.5 Å². The van der Waals surface area contributed by atoms with Crippen LogP contribution in [0.5, 0.6) is 0 Å². The number of ether oxygens (including phenoxy) is 1. The number of benzene rings is 1. The van der Waals surface area contributed by atoms with Gasteiger partial charge in [-0.15, -0.1) is 0 Å². The zero-order chi connectivity index (χ0) is 31.9. The van der Waals surface area contributed by atoms with Gasteiger partial charge in [-0.3, -0.25) is 14.4 Å². The molecule has 2 aliphatic heterocycles. The topological polar surface area (TPSA) is 94.2 Å². The van der Waals surface area contributed by atoms with E-state index in [0.29, 0.717) is 60.9 Å². The Hall–Kier alpha value is -4.01. The second-order valence-electron chi connectivity index (χ2n) is 12.7. The van der Waals surface area contributed by atoms with Crippen molar-refractivity contribution in [1.29, 1.82) is 0 Å². The van der Waals surface area contributed by atoms with Crippen LogP contribution in [0.2, 0.25) is 0 Å². The predicted octanol–water partition coefficient (Wildman–Crippen LogP) is 5.52. The molecule has 0 bridgehead atoms. The van der Waals surface area contributed by atoms with Gasteiger partial charge >= 0.3 is 0 Å². The first kappa shape index (κ1) is 32.4. The van der Waals surface area contributed by atoms with Crippen molar-refractivity contribution in [2.75, 3.05) is 56.0 Å². The fourth-order valence-electron chi connectivity index (χ4n) is 6.27. The van der Waals surface area contributed by atoms with E-state index in [2.05, 4.69) is 52.2 Å². The molecule has 2 aliphatic carbocycles. The number of hydrogen-bond acceptors (Lipinski definition) is 6. The van der Waals surface area contributed by atoms with Crippen molar-refractivity contribution in [2.24, 2.45) is 5.92 Å². The number of carbonyl (C=O) groups excluding carboxylic acids is 3. The lowest BCUT2D eigenvalue weighted by Crippen LogP contribution is -2.46. The summed E-state index contributed by atoms with van der Waals surface area (Å²) in [5, 5.41) is 6.14. The van der Waals surface area contributed by atoms with Gasteiger partial charge in [0.2, 0.25) is 5.91 Å². The highest BCUT2D eigenvalue weighted by molar-refractivity contribution is 6.06. The zero-order valence-corrected chi connectivity index (χ0v) is 27.3. The molecular weight excluding hydrogens is 566 g/mol. The third-order valence-corrected chi connectivity index (χ3v) is 9.29. The number of nitrogens with one attached hydrogen (secondary N) is 2. The quantitative estimate of drug-likeness (QED) is 0.173. The molecule has 1 saturated carbocycles. The van der Waals surface area contributed by atoms with Crippen molar-refractivity contribution in [1.82, 2.24) is 15.1 Å².